The smallest absolute Gasteiger partial charge is 0.241 e. The van der Waals surface area contributed by atoms with E-state index in [2.05, 4.69) is 10.6 Å². The number of hydrogen-bond donors (Lipinski definition) is 3. The van der Waals surface area contributed by atoms with Gasteiger partial charge < -0.3 is 25.8 Å². The first-order chi connectivity index (χ1) is 9.85. The van der Waals surface area contributed by atoms with E-state index in [-0.39, 0.29) is 30.4 Å². The number of nitrogens with one attached hydrogen (secondary N) is 2. The fourth-order valence-electron chi connectivity index (χ4n) is 3.51. The summed E-state index contributed by atoms with van der Waals surface area (Å²) in [6, 6.07) is 0. The number of rotatable bonds is 6. The SMILES string of the molecule is COCCNC(=O)CNC(=O)C1(N)C2CCOC2C1(C)C. The molecule has 0 aromatic rings. The van der Waals surface area contributed by atoms with Crippen molar-refractivity contribution in [3.63, 3.8) is 0 Å². The van der Waals surface area contributed by atoms with Crippen molar-refractivity contribution in [2.75, 3.05) is 33.4 Å². The van der Waals surface area contributed by atoms with Gasteiger partial charge in [-0.3, -0.25) is 9.59 Å². The van der Waals surface area contributed by atoms with Gasteiger partial charge in [0.15, 0.2) is 0 Å². The Morgan fingerprint density at radius 1 is 1.38 bits per heavy atom. The summed E-state index contributed by atoms with van der Waals surface area (Å²) >= 11 is 0. The molecule has 3 atom stereocenters. The van der Waals surface area contributed by atoms with E-state index in [1.54, 1.807) is 7.11 Å². The van der Waals surface area contributed by atoms with Gasteiger partial charge in [0.1, 0.15) is 5.54 Å². The Labute approximate surface area is 124 Å². The lowest BCUT2D eigenvalue weighted by Crippen LogP contribution is -2.80. The number of nitrogens with two attached hydrogens (primary N) is 1. The molecule has 1 aliphatic heterocycles. The third kappa shape index (κ3) is 2.54. The van der Waals surface area contributed by atoms with Crippen LogP contribution >= 0.6 is 0 Å². The largest absolute Gasteiger partial charge is 0.383 e. The zero-order valence-electron chi connectivity index (χ0n) is 12.9. The van der Waals surface area contributed by atoms with Crippen LogP contribution in [0, 0.1) is 11.3 Å². The van der Waals surface area contributed by atoms with Crippen LogP contribution in [-0.4, -0.2) is 56.9 Å². The predicted octanol–water partition coefficient (Wildman–Crippen LogP) is -0.992. The number of carbonyl (C=O) groups is 2. The highest BCUT2D eigenvalue weighted by molar-refractivity contribution is 5.92. The molecule has 7 heteroatoms. The van der Waals surface area contributed by atoms with Gasteiger partial charge >= 0.3 is 0 Å². The molecule has 0 aromatic carbocycles. The van der Waals surface area contributed by atoms with Crippen LogP contribution in [0.15, 0.2) is 0 Å². The first-order valence-electron chi connectivity index (χ1n) is 7.30. The topological polar surface area (TPSA) is 103 Å². The van der Waals surface area contributed by atoms with Gasteiger partial charge in [0.25, 0.3) is 0 Å². The Bertz CT molecular complexity index is 426. The monoisotopic (exact) mass is 299 g/mol. The second kappa shape index (κ2) is 5.90. The summed E-state index contributed by atoms with van der Waals surface area (Å²) in [7, 11) is 1.56. The molecule has 0 radical (unpaired) electrons. The van der Waals surface area contributed by atoms with Gasteiger partial charge in [-0.05, 0) is 6.42 Å². The minimum atomic E-state index is -0.971. The highest BCUT2D eigenvalue weighted by atomic mass is 16.5. The molecule has 1 aliphatic carbocycles. The summed E-state index contributed by atoms with van der Waals surface area (Å²) in [5.41, 5.74) is 4.98. The maximum Gasteiger partial charge on any atom is 0.241 e. The lowest BCUT2D eigenvalue weighted by atomic mass is 9.48. The maximum atomic E-state index is 12.4. The fraction of sp³-hybridized carbons (Fsp3) is 0.857. The van der Waals surface area contributed by atoms with E-state index in [1.807, 2.05) is 13.8 Å². The molecule has 1 saturated heterocycles. The summed E-state index contributed by atoms with van der Waals surface area (Å²) in [4.78, 5) is 24.0. The van der Waals surface area contributed by atoms with Gasteiger partial charge in [-0.15, -0.1) is 0 Å². The second-order valence-electron chi connectivity index (χ2n) is 6.30. The number of methoxy groups -OCH3 is 1. The van der Waals surface area contributed by atoms with E-state index in [0.717, 1.165) is 6.42 Å². The molecule has 0 spiro atoms. The van der Waals surface area contributed by atoms with Crippen molar-refractivity contribution in [3.8, 4) is 0 Å². The molecule has 120 valence electrons. The van der Waals surface area contributed by atoms with Crippen molar-refractivity contribution in [2.24, 2.45) is 17.1 Å². The van der Waals surface area contributed by atoms with Crippen LogP contribution in [0.3, 0.4) is 0 Å². The number of ether oxygens (including phenoxy) is 2. The van der Waals surface area contributed by atoms with Crippen LogP contribution in [0.5, 0.6) is 0 Å². The van der Waals surface area contributed by atoms with Crippen molar-refractivity contribution in [3.05, 3.63) is 0 Å². The number of amides is 2. The van der Waals surface area contributed by atoms with E-state index in [4.69, 9.17) is 15.2 Å². The Morgan fingerprint density at radius 2 is 2.10 bits per heavy atom. The highest BCUT2D eigenvalue weighted by Crippen LogP contribution is 2.58. The van der Waals surface area contributed by atoms with E-state index in [9.17, 15) is 9.59 Å². The molecule has 1 heterocycles. The summed E-state index contributed by atoms with van der Waals surface area (Å²) < 4.78 is 10.5. The van der Waals surface area contributed by atoms with Gasteiger partial charge in [0, 0.05) is 31.6 Å². The molecule has 0 bridgehead atoms. The fourth-order valence-corrected chi connectivity index (χ4v) is 3.51. The van der Waals surface area contributed by atoms with Crippen LogP contribution in [0.25, 0.3) is 0 Å². The number of hydrogen-bond acceptors (Lipinski definition) is 5. The van der Waals surface area contributed by atoms with Crippen LogP contribution in [0.2, 0.25) is 0 Å². The molecular weight excluding hydrogens is 274 g/mol. The Kier molecular flexibility index (Phi) is 4.55. The zero-order chi connectivity index (χ0) is 15.7. The minimum Gasteiger partial charge on any atom is -0.383 e. The van der Waals surface area contributed by atoms with Gasteiger partial charge in [-0.2, -0.15) is 0 Å². The molecule has 3 unspecified atom stereocenters. The Morgan fingerprint density at radius 3 is 2.76 bits per heavy atom. The molecule has 0 aromatic heterocycles. The van der Waals surface area contributed by atoms with Crippen LogP contribution < -0.4 is 16.4 Å². The van der Waals surface area contributed by atoms with Crippen molar-refractivity contribution in [1.29, 1.82) is 0 Å². The second-order valence-corrected chi connectivity index (χ2v) is 6.30. The molecule has 2 amide bonds. The molecule has 2 aliphatic rings. The Balaban J connectivity index is 1.87. The molecule has 2 fully saturated rings. The van der Waals surface area contributed by atoms with Gasteiger partial charge in [0.2, 0.25) is 11.8 Å². The zero-order valence-corrected chi connectivity index (χ0v) is 12.9. The van der Waals surface area contributed by atoms with Gasteiger partial charge in [-0.1, -0.05) is 13.8 Å². The third-order valence-electron chi connectivity index (χ3n) is 4.87. The standard InChI is InChI=1S/C14H25N3O4/c1-13(2)11-9(4-6-21-11)14(13,15)12(19)17-8-10(18)16-5-7-20-3/h9,11H,4-8,15H2,1-3H3,(H,16,18)(H,17,19). The van der Waals surface area contributed by atoms with Crippen molar-refractivity contribution in [1.82, 2.24) is 10.6 Å². The maximum absolute atomic E-state index is 12.4. The van der Waals surface area contributed by atoms with Crippen molar-refractivity contribution in [2.45, 2.75) is 31.9 Å². The molecule has 21 heavy (non-hydrogen) atoms. The first kappa shape index (κ1) is 16.2. The molecule has 4 N–H and O–H groups in total. The first-order valence-corrected chi connectivity index (χ1v) is 7.30. The van der Waals surface area contributed by atoms with Crippen LogP contribution in [0.4, 0.5) is 0 Å². The van der Waals surface area contributed by atoms with Crippen LogP contribution in [0.1, 0.15) is 20.3 Å². The van der Waals surface area contributed by atoms with E-state index < -0.39 is 11.0 Å². The number of carbonyl (C=O) groups excluding carboxylic acids is 2. The van der Waals surface area contributed by atoms with Crippen molar-refractivity contribution < 1.29 is 19.1 Å². The number of fused-ring (bicyclic) bond motifs is 1. The molecule has 2 rings (SSSR count). The van der Waals surface area contributed by atoms with Gasteiger partial charge in [0.05, 0.1) is 19.3 Å². The van der Waals surface area contributed by atoms with E-state index >= 15 is 0 Å². The van der Waals surface area contributed by atoms with E-state index in [0.29, 0.717) is 19.8 Å². The lowest BCUT2D eigenvalue weighted by molar-refractivity contribution is -0.175. The summed E-state index contributed by atoms with van der Waals surface area (Å²) in [6.07, 6.45) is 0.821. The minimum absolute atomic E-state index is 0.0313. The summed E-state index contributed by atoms with van der Waals surface area (Å²) in [5, 5.41) is 5.30. The average Bonchev–Trinajstić information content (AvgIpc) is 2.92. The Hall–Kier alpha value is -1.18. The third-order valence-corrected chi connectivity index (χ3v) is 4.87. The normalized spacial score (nSPS) is 33.0. The highest BCUT2D eigenvalue weighted by Gasteiger charge is 2.71. The molecular formula is C14H25N3O4. The average molecular weight is 299 g/mol. The molecule has 1 saturated carbocycles. The lowest BCUT2D eigenvalue weighted by Gasteiger charge is -2.60. The predicted molar refractivity (Wildman–Crippen MR) is 76.4 cm³/mol. The molecule has 7 nitrogen and oxygen atoms in total. The van der Waals surface area contributed by atoms with Crippen LogP contribution in [-0.2, 0) is 19.1 Å². The summed E-state index contributed by atoms with van der Waals surface area (Å²) in [6.45, 7) is 5.31. The quantitative estimate of drug-likeness (QED) is 0.546. The summed E-state index contributed by atoms with van der Waals surface area (Å²) in [5.74, 6) is -0.495. The van der Waals surface area contributed by atoms with Crippen molar-refractivity contribution >= 4 is 11.8 Å². The van der Waals surface area contributed by atoms with E-state index in [1.165, 1.54) is 0 Å². The van der Waals surface area contributed by atoms with Gasteiger partial charge in [-0.25, -0.2) is 0 Å².